The zero-order valence-corrected chi connectivity index (χ0v) is 13.6. The van der Waals surface area contributed by atoms with Gasteiger partial charge in [0.2, 0.25) is 9.79 Å². The van der Waals surface area contributed by atoms with Crippen LogP contribution >= 0.6 is 0 Å². The van der Waals surface area contributed by atoms with E-state index in [-0.39, 0.29) is 9.49 Å². The third-order valence-corrected chi connectivity index (χ3v) is 6.23. The van der Waals surface area contributed by atoms with Crippen molar-refractivity contribution in [3.63, 3.8) is 0 Å². The Morgan fingerprint density at radius 1 is 0.722 bits per heavy atom. The first-order chi connectivity index (χ1) is 8.05. The van der Waals surface area contributed by atoms with E-state index in [1.165, 1.54) is 0 Å². The lowest BCUT2D eigenvalue weighted by Gasteiger charge is -2.28. The van der Waals surface area contributed by atoms with Crippen LogP contribution in [0.15, 0.2) is 34.1 Å². The molecular formula is C14H22O2S2. The maximum absolute atomic E-state index is 12.5. The highest BCUT2D eigenvalue weighted by atomic mass is 32.2. The molecule has 1 rings (SSSR count). The molecule has 1 aromatic carbocycles. The molecule has 0 aliphatic rings. The van der Waals surface area contributed by atoms with Crippen LogP contribution in [-0.2, 0) is 22.4 Å². The van der Waals surface area contributed by atoms with Crippen molar-refractivity contribution in [2.24, 2.45) is 0 Å². The molecule has 0 aliphatic heterocycles. The molecule has 0 heterocycles. The molecule has 0 N–H and O–H groups in total. The fourth-order valence-electron chi connectivity index (χ4n) is 1.42. The van der Waals surface area contributed by atoms with E-state index in [1.807, 2.05) is 65.8 Å². The minimum absolute atomic E-state index is 0.349. The average Bonchev–Trinajstić information content (AvgIpc) is 2.24. The zero-order valence-electron chi connectivity index (χ0n) is 11.9. The molecule has 0 fully saturated rings. The quantitative estimate of drug-likeness (QED) is 0.781. The number of hydrogen-bond donors (Lipinski definition) is 0. The fraction of sp³-hybridized carbons (Fsp3) is 0.571. The molecule has 0 radical (unpaired) electrons. The normalized spacial score (nSPS) is 16.4. The Labute approximate surface area is 117 Å². The van der Waals surface area contributed by atoms with Gasteiger partial charge in [0, 0.05) is 0 Å². The van der Waals surface area contributed by atoms with Gasteiger partial charge in [-0.2, -0.15) is 0 Å². The Hall–Kier alpha value is -0.160. The van der Waals surface area contributed by atoms with E-state index in [1.54, 1.807) is 0 Å². The lowest BCUT2D eigenvalue weighted by Crippen LogP contribution is -2.33. The predicted molar refractivity (Wildman–Crippen MR) is 78.8 cm³/mol. The molecule has 102 valence electrons. The molecule has 0 saturated carbocycles. The van der Waals surface area contributed by atoms with Gasteiger partial charge in [-0.1, -0.05) is 12.1 Å². The third-order valence-electron chi connectivity index (χ3n) is 2.36. The highest BCUT2D eigenvalue weighted by Crippen LogP contribution is 2.34. The number of hydrogen-bond acceptors (Lipinski definition) is 2. The summed E-state index contributed by atoms with van der Waals surface area (Å²) in [5.74, 6) is 0. The second-order valence-corrected chi connectivity index (χ2v) is 10.6. The Bertz CT molecular complexity index is 366. The second-order valence-electron chi connectivity index (χ2n) is 6.21. The van der Waals surface area contributed by atoms with Crippen molar-refractivity contribution in [2.75, 3.05) is 0 Å². The van der Waals surface area contributed by atoms with Gasteiger partial charge >= 0.3 is 0 Å². The van der Waals surface area contributed by atoms with Crippen molar-refractivity contribution in [2.45, 2.75) is 60.8 Å². The van der Waals surface area contributed by atoms with Crippen LogP contribution in [0.4, 0.5) is 0 Å². The molecule has 18 heavy (non-hydrogen) atoms. The summed E-state index contributed by atoms with van der Waals surface area (Å²) in [4.78, 5) is 1.39. The minimum Gasteiger partial charge on any atom is -0.611 e. The minimum atomic E-state index is -1.16. The molecule has 0 spiro atoms. The van der Waals surface area contributed by atoms with Gasteiger partial charge in [0.1, 0.15) is 9.49 Å². The molecule has 2 nitrogen and oxygen atoms in total. The maximum Gasteiger partial charge on any atom is 0.208 e. The molecular weight excluding hydrogens is 264 g/mol. The lowest BCUT2D eigenvalue weighted by molar-refractivity contribution is 0.546. The smallest absolute Gasteiger partial charge is 0.208 e. The van der Waals surface area contributed by atoms with Crippen molar-refractivity contribution in [1.82, 2.24) is 0 Å². The van der Waals surface area contributed by atoms with Gasteiger partial charge in [-0.3, -0.25) is 0 Å². The van der Waals surface area contributed by atoms with Crippen molar-refractivity contribution in [3.05, 3.63) is 24.3 Å². The summed E-state index contributed by atoms with van der Waals surface area (Å²) in [5, 5.41) is 0. The molecule has 2 atom stereocenters. The zero-order chi connectivity index (χ0) is 14.1. The van der Waals surface area contributed by atoms with E-state index in [2.05, 4.69) is 0 Å². The molecule has 0 aliphatic carbocycles. The van der Waals surface area contributed by atoms with Crippen LogP contribution in [-0.4, -0.2) is 18.6 Å². The molecule has 0 bridgehead atoms. The van der Waals surface area contributed by atoms with Crippen LogP contribution in [0.5, 0.6) is 0 Å². The van der Waals surface area contributed by atoms with Crippen molar-refractivity contribution in [1.29, 1.82) is 0 Å². The van der Waals surface area contributed by atoms with Gasteiger partial charge in [-0.15, -0.1) is 0 Å². The summed E-state index contributed by atoms with van der Waals surface area (Å²) < 4.78 is 24.3. The van der Waals surface area contributed by atoms with Crippen LogP contribution in [0, 0.1) is 0 Å². The number of rotatable bonds is 2. The lowest BCUT2D eigenvalue weighted by atomic mass is 10.3. The van der Waals surface area contributed by atoms with Crippen molar-refractivity contribution >= 4 is 22.4 Å². The predicted octanol–water partition coefficient (Wildman–Crippen LogP) is 3.50. The van der Waals surface area contributed by atoms with Crippen LogP contribution in [0.25, 0.3) is 0 Å². The molecule has 4 heteroatoms. The van der Waals surface area contributed by atoms with E-state index in [0.29, 0.717) is 9.79 Å². The molecule has 1 aromatic rings. The highest BCUT2D eigenvalue weighted by Gasteiger charge is 2.37. The summed E-state index contributed by atoms with van der Waals surface area (Å²) in [5.41, 5.74) is 0. The first-order valence-corrected chi connectivity index (χ1v) is 8.28. The molecule has 0 saturated heterocycles. The van der Waals surface area contributed by atoms with Gasteiger partial charge in [-0.25, -0.2) is 0 Å². The highest BCUT2D eigenvalue weighted by molar-refractivity contribution is 7.95. The second kappa shape index (κ2) is 5.45. The van der Waals surface area contributed by atoms with Crippen LogP contribution in [0.3, 0.4) is 0 Å². The summed E-state index contributed by atoms with van der Waals surface area (Å²) in [6.07, 6.45) is 0. The van der Waals surface area contributed by atoms with Gasteiger partial charge < -0.3 is 9.11 Å². The Balaban J connectivity index is 3.23. The standard InChI is InChI=1S/C14H22O2S2/c1-13(2,3)17(15)11-9-7-8-10-12(11)18(16)14(4,5)6/h7-10H,1-6H3/t17-,18-/m0/s1. The van der Waals surface area contributed by atoms with Crippen LogP contribution in [0.1, 0.15) is 41.5 Å². The largest absolute Gasteiger partial charge is 0.611 e. The van der Waals surface area contributed by atoms with Gasteiger partial charge in [0.25, 0.3) is 0 Å². The Morgan fingerprint density at radius 3 is 1.22 bits per heavy atom. The number of benzene rings is 1. The van der Waals surface area contributed by atoms with E-state index in [0.717, 1.165) is 0 Å². The Kier molecular flexibility index (Phi) is 4.81. The molecule has 0 aromatic heterocycles. The van der Waals surface area contributed by atoms with E-state index in [9.17, 15) is 9.11 Å². The van der Waals surface area contributed by atoms with Gasteiger partial charge in [-0.05, 0) is 76.0 Å². The maximum atomic E-state index is 12.5. The van der Waals surface area contributed by atoms with Crippen LogP contribution < -0.4 is 0 Å². The summed E-state index contributed by atoms with van der Waals surface area (Å²) in [6, 6.07) is 7.34. The van der Waals surface area contributed by atoms with Crippen molar-refractivity contribution < 1.29 is 9.11 Å². The van der Waals surface area contributed by atoms with Crippen LogP contribution in [0.2, 0.25) is 0 Å². The average molecular weight is 286 g/mol. The van der Waals surface area contributed by atoms with E-state index >= 15 is 0 Å². The summed E-state index contributed by atoms with van der Waals surface area (Å²) >= 11 is -2.32. The van der Waals surface area contributed by atoms with Gasteiger partial charge in [0.05, 0.1) is 0 Å². The monoisotopic (exact) mass is 286 g/mol. The van der Waals surface area contributed by atoms with E-state index < -0.39 is 22.4 Å². The summed E-state index contributed by atoms with van der Waals surface area (Å²) in [6.45, 7) is 11.6. The first-order valence-electron chi connectivity index (χ1n) is 5.98. The van der Waals surface area contributed by atoms with Crippen molar-refractivity contribution in [3.8, 4) is 0 Å². The summed E-state index contributed by atoms with van der Waals surface area (Å²) in [7, 11) is 0. The topological polar surface area (TPSA) is 46.1 Å². The fourth-order valence-corrected chi connectivity index (χ4v) is 4.10. The van der Waals surface area contributed by atoms with Gasteiger partial charge in [0.15, 0.2) is 0 Å². The Morgan fingerprint density at radius 2 is 1.00 bits per heavy atom. The molecule has 0 unspecified atom stereocenters. The SMILES string of the molecule is CC(C)(C)[S@@+]([O-])c1ccccc1[S@+]([O-])C(C)(C)C. The molecule has 0 amide bonds. The van der Waals surface area contributed by atoms with E-state index in [4.69, 9.17) is 0 Å². The first kappa shape index (κ1) is 15.9. The third kappa shape index (κ3) is 3.67.